The molecule has 2 aromatic rings. The van der Waals surface area contributed by atoms with Crippen LogP contribution in [-0.2, 0) is 11.3 Å². The molecule has 1 aliphatic carbocycles. The second-order valence-electron chi connectivity index (χ2n) is 6.61. The van der Waals surface area contributed by atoms with E-state index in [2.05, 4.69) is 15.6 Å². The summed E-state index contributed by atoms with van der Waals surface area (Å²) in [6.45, 7) is 0.893. The standard InChI is InChI=1S/C20H24N4O2.2ClH/c21-12-15-6-4-9-18(15)20(26)24-16-8-3-5-14(11-16)19(25)23-13-17-7-1-2-10-22-17;;/h1-3,5,7-8,10-11,15,18H,4,6,9,12-13,21H2,(H,23,25)(H,24,26);2*1H/t15-,18-;;/m1../s1. The van der Waals surface area contributed by atoms with Crippen LogP contribution in [0.15, 0.2) is 48.7 Å². The van der Waals surface area contributed by atoms with Crippen molar-refractivity contribution >= 4 is 42.3 Å². The highest BCUT2D eigenvalue weighted by atomic mass is 35.5. The van der Waals surface area contributed by atoms with Gasteiger partial charge in [-0.3, -0.25) is 14.6 Å². The average molecular weight is 425 g/mol. The molecule has 1 aromatic carbocycles. The number of anilines is 1. The Morgan fingerprint density at radius 3 is 2.64 bits per heavy atom. The van der Waals surface area contributed by atoms with E-state index in [4.69, 9.17) is 5.73 Å². The molecule has 1 aliphatic rings. The first-order valence-corrected chi connectivity index (χ1v) is 8.96. The maximum Gasteiger partial charge on any atom is 0.251 e. The first kappa shape index (κ1) is 23.9. The van der Waals surface area contributed by atoms with Crippen molar-refractivity contribution in [3.8, 4) is 0 Å². The second kappa shape index (κ2) is 11.6. The molecule has 0 unspecified atom stereocenters. The van der Waals surface area contributed by atoms with Crippen molar-refractivity contribution in [1.82, 2.24) is 10.3 Å². The topological polar surface area (TPSA) is 97.1 Å². The fourth-order valence-corrected chi connectivity index (χ4v) is 3.41. The van der Waals surface area contributed by atoms with Crippen LogP contribution in [0.2, 0.25) is 0 Å². The van der Waals surface area contributed by atoms with Gasteiger partial charge in [-0.2, -0.15) is 0 Å². The Hall–Kier alpha value is -2.15. The number of benzene rings is 1. The predicted octanol–water partition coefficient (Wildman–Crippen LogP) is 3.17. The molecular weight excluding hydrogens is 399 g/mol. The maximum absolute atomic E-state index is 12.5. The largest absolute Gasteiger partial charge is 0.346 e. The van der Waals surface area contributed by atoms with Crippen LogP contribution in [0, 0.1) is 11.8 Å². The number of hydrogen-bond acceptors (Lipinski definition) is 4. The summed E-state index contributed by atoms with van der Waals surface area (Å²) in [7, 11) is 0. The molecule has 2 atom stereocenters. The summed E-state index contributed by atoms with van der Waals surface area (Å²) in [6, 6.07) is 12.5. The van der Waals surface area contributed by atoms with E-state index >= 15 is 0 Å². The number of pyridine rings is 1. The van der Waals surface area contributed by atoms with Crippen LogP contribution >= 0.6 is 24.8 Å². The zero-order valence-electron chi connectivity index (χ0n) is 15.5. The van der Waals surface area contributed by atoms with E-state index in [9.17, 15) is 9.59 Å². The number of aromatic nitrogens is 1. The van der Waals surface area contributed by atoms with Crippen LogP contribution in [0.3, 0.4) is 0 Å². The quantitative estimate of drug-likeness (QED) is 0.662. The summed E-state index contributed by atoms with van der Waals surface area (Å²) in [4.78, 5) is 29.0. The van der Waals surface area contributed by atoms with Gasteiger partial charge in [0, 0.05) is 23.4 Å². The van der Waals surface area contributed by atoms with Gasteiger partial charge in [-0.1, -0.05) is 18.6 Å². The van der Waals surface area contributed by atoms with E-state index in [1.165, 1.54) is 0 Å². The first-order chi connectivity index (χ1) is 12.7. The molecule has 0 radical (unpaired) electrons. The van der Waals surface area contributed by atoms with Gasteiger partial charge >= 0.3 is 0 Å². The monoisotopic (exact) mass is 424 g/mol. The maximum atomic E-state index is 12.5. The van der Waals surface area contributed by atoms with Crippen molar-refractivity contribution in [2.45, 2.75) is 25.8 Å². The predicted molar refractivity (Wildman–Crippen MR) is 115 cm³/mol. The van der Waals surface area contributed by atoms with Gasteiger partial charge < -0.3 is 16.4 Å². The highest BCUT2D eigenvalue weighted by Crippen LogP contribution is 2.31. The van der Waals surface area contributed by atoms with E-state index in [0.717, 1.165) is 25.0 Å². The van der Waals surface area contributed by atoms with E-state index in [1.54, 1.807) is 30.5 Å². The normalized spacial score (nSPS) is 17.8. The molecule has 152 valence electrons. The lowest BCUT2D eigenvalue weighted by Crippen LogP contribution is -2.30. The molecule has 0 bridgehead atoms. The lowest BCUT2D eigenvalue weighted by molar-refractivity contribution is -0.120. The SMILES string of the molecule is Cl.Cl.NC[C@H]1CCC[C@H]1C(=O)Nc1cccc(C(=O)NCc2ccccn2)c1. The molecule has 28 heavy (non-hydrogen) atoms. The van der Waals surface area contributed by atoms with Crippen molar-refractivity contribution in [2.75, 3.05) is 11.9 Å². The summed E-state index contributed by atoms with van der Waals surface area (Å²) >= 11 is 0. The summed E-state index contributed by atoms with van der Waals surface area (Å²) in [6.07, 6.45) is 4.60. The lowest BCUT2D eigenvalue weighted by Gasteiger charge is -2.17. The number of rotatable bonds is 6. The van der Waals surface area contributed by atoms with Crippen LogP contribution < -0.4 is 16.4 Å². The zero-order valence-corrected chi connectivity index (χ0v) is 17.1. The second-order valence-corrected chi connectivity index (χ2v) is 6.61. The van der Waals surface area contributed by atoms with Gasteiger partial charge in [-0.25, -0.2) is 0 Å². The van der Waals surface area contributed by atoms with Gasteiger partial charge in [0.15, 0.2) is 0 Å². The Morgan fingerprint density at radius 1 is 1.11 bits per heavy atom. The molecule has 4 N–H and O–H groups in total. The Morgan fingerprint density at radius 2 is 1.93 bits per heavy atom. The van der Waals surface area contributed by atoms with Crippen LogP contribution in [0.4, 0.5) is 5.69 Å². The Balaban J connectivity index is 0.00000196. The van der Waals surface area contributed by atoms with E-state index < -0.39 is 0 Å². The van der Waals surface area contributed by atoms with Gasteiger partial charge in [-0.05, 0) is 55.6 Å². The van der Waals surface area contributed by atoms with Crippen molar-refractivity contribution in [3.05, 3.63) is 59.9 Å². The molecule has 1 fully saturated rings. The summed E-state index contributed by atoms with van der Waals surface area (Å²) in [5, 5.41) is 5.77. The van der Waals surface area contributed by atoms with E-state index in [-0.39, 0.29) is 48.5 Å². The minimum Gasteiger partial charge on any atom is -0.346 e. The molecule has 3 rings (SSSR count). The third-order valence-electron chi connectivity index (χ3n) is 4.85. The summed E-state index contributed by atoms with van der Waals surface area (Å²) in [5.74, 6) is -0.00191. The van der Waals surface area contributed by atoms with Crippen molar-refractivity contribution in [2.24, 2.45) is 17.6 Å². The summed E-state index contributed by atoms with van der Waals surface area (Å²) in [5.41, 5.74) is 7.68. The fourth-order valence-electron chi connectivity index (χ4n) is 3.41. The van der Waals surface area contributed by atoms with Crippen LogP contribution in [0.1, 0.15) is 35.3 Å². The van der Waals surface area contributed by atoms with Crippen molar-refractivity contribution < 1.29 is 9.59 Å². The Labute approximate surface area is 177 Å². The number of nitrogens with one attached hydrogen (secondary N) is 2. The van der Waals surface area contributed by atoms with E-state index in [1.807, 2.05) is 18.2 Å². The number of carbonyl (C=O) groups excluding carboxylic acids is 2. The molecule has 6 nitrogen and oxygen atoms in total. The minimum atomic E-state index is -0.201. The smallest absolute Gasteiger partial charge is 0.251 e. The summed E-state index contributed by atoms with van der Waals surface area (Å²) < 4.78 is 0. The third kappa shape index (κ3) is 6.19. The molecule has 0 saturated heterocycles. The van der Waals surface area contributed by atoms with Crippen LogP contribution in [0.5, 0.6) is 0 Å². The third-order valence-corrected chi connectivity index (χ3v) is 4.85. The molecule has 1 saturated carbocycles. The van der Waals surface area contributed by atoms with Crippen LogP contribution in [-0.4, -0.2) is 23.3 Å². The Bertz CT molecular complexity index is 774. The van der Waals surface area contributed by atoms with Crippen molar-refractivity contribution in [3.63, 3.8) is 0 Å². The van der Waals surface area contributed by atoms with Gasteiger partial charge in [0.1, 0.15) is 0 Å². The number of amides is 2. The molecule has 8 heteroatoms. The zero-order chi connectivity index (χ0) is 18.4. The Kier molecular flexibility index (Phi) is 9.93. The van der Waals surface area contributed by atoms with Gasteiger partial charge in [0.25, 0.3) is 5.91 Å². The first-order valence-electron chi connectivity index (χ1n) is 8.96. The minimum absolute atomic E-state index is 0. The molecule has 1 aromatic heterocycles. The molecule has 0 aliphatic heterocycles. The highest BCUT2D eigenvalue weighted by Gasteiger charge is 2.31. The van der Waals surface area contributed by atoms with Gasteiger partial charge in [0.2, 0.25) is 5.91 Å². The number of nitrogens with zero attached hydrogens (tertiary/aromatic N) is 1. The van der Waals surface area contributed by atoms with Gasteiger partial charge in [-0.15, -0.1) is 24.8 Å². The van der Waals surface area contributed by atoms with Crippen molar-refractivity contribution in [1.29, 1.82) is 0 Å². The highest BCUT2D eigenvalue weighted by molar-refractivity contribution is 5.97. The lowest BCUT2D eigenvalue weighted by atomic mass is 9.95. The fraction of sp³-hybridized carbons (Fsp3) is 0.350. The van der Waals surface area contributed by atoms with Crippen LogP contribution in [0.25, 0.3) is 0 Å². The number of nitrogens with two attached hydrogens (primary N) is 1. The molecule has 2 amide bonds. The van der Waals surface area contributed by atoms with Gasteiger partial charge in [0.05, 0.1) is 12.2 Å². The number of halogens is 2. The van der Waals surface area contributed by atoms with E-state index in [0.29, 0.717) is 24.3 Å². The molecule has 0 spiro atoms. The molecular formula is C20H26Cl2N4O2. The average Bonchev–Trinajstić information content (AvgIpc) is 3.16. The molecule has 1 heterocycles. The number of carbonyl (C=O) groups is 2. The number of hydrogen-bond donors (Lipinski definition) is 3.